The van der Waals surface area contributed by atoms with Crippen LogP contribution < -0.4 is 5.32 Å². The van der Waals surface area contributed by atoms with Gasteiger partial charge >= 0.3 is 0 Å². The first kappa shape index (κ1) is 13.2. The maximum Gasteiger partial charge on any atom is 0.283 e. The molecule has 4 heteroatoms. The van der Waals surface area contributed by atoms with Gasteiger partial charge in [0.1, 0.15) is 12.3 Å². The van der Waals surface area contributed by atoms with Crippen LogP contribution in [0.5, 0.6) is 0 Å². The molecule has 0 radical (unpaired) electrons. The molecule has 0 amide bonds. The van der Waals surface area contributed by atoms with Crippen molar-refractivity contribution in [3.63, 3.8) is 0 Å². The zero-order valence-corrected chi connectivity index (χ0v) is 11.2. The quantitative estimate of drug-likeness (QED) is 0.710. The average Bonchev–Trinajstić information content (AvgIpc) is 2.06. The normalized spacial score (nSPS) is 33.5. The molecule has 1 N–H and O–H groups in total. The SMILES string of the molecule is CC1(C)CC(C)(C)CC2(C1)NCC(F)(F)CO2. The molecule has 2 fully saturated rings. The number of halogens is 2. The zero-order valence-electron chi connectivity index (χ0n) is 11.2. The number of hydrogen-bond acceptors (Lipinski definition) is 2. The zero-order chi connectivity index (χ0) is 12.9. The van der Waals surface area contributed by atoms with Crippen molar-refractivity contribution in [1.82, 2.24) is 5.32 Å². The largest absolute Gasteiger partial charge is 0.354 e. The average molecular weight is 247 g/mol. The van der Waals surface area contributed by atoms with Gasteiger partial charge in [0.2, 0.25) is 0 Å². The lowest BCUT2D eigenvalue weighted by molar-refractivity contribution is -0.229. The summed E-state index contributed by atoms with van der Waals surface area (Å²) in [6.45, 7) is 8.03. The fourth-order valence-electron chi connectivity index (χ4n) is 3.89. The van der Waals surface area contributed by atoms with Crippen LogP contribution in [0, 0.1) is 10.8 Å². The first-order valence-corrected chi connectivity index (χ1v) is 6.30. The fourth-order valence-corrected chi connectivity index (χ4v) is 3.89. The lowest BCUT2D eigenvalue weighted by Gasteiger charge is -2.54. The minimum atomic E-state index is -2.73. The number of ether oxygens (including phenoxy) is 1. The highest BCUT2D eigenvalue weighted by atomic mass is 19.3. The van der Waals surface area contributed by atoms with Gasteiger partial charge in [0.15, 0.2) is 0 Å². The van der Waals surface area contributed by atoms with Crippen molar-refractivity contribution in [3.05, 3.63) is 0 Å². The topological polar surface area (TPSA) is 21.3 Å². The summed E-state index contributed by atoms with van der Waals surface area (Å²) < 4.78 is 31.8. The molecule has 2 nitrogen and oxygen atoms in total. The van der Waals surface area contributed by atoms with E-state index in [-0.39, 0.29) is 17.4 Å². The molecule has 1 heterocycles. The Bertz CT molecular complexity index is 285. The first-order chi connectivity index (χ1) is 7.54. The van der Waals surface area contributed by atoms with E-state index in [2.05, 4.69) is 33.0 Å². The Balaban J connectivity index is 2.15. The second-order valence-electron chi connectivity index (χ2n) is 7.35. The van der Waals surface area contributed by atoms with Crippen LogP contribution in [0.4, 0.5) is 8.78 Å². The lowest BCUT2D eigenvalue weighted by Crippen LogP contribution is -2.63. The fraction of sp³-hybridized carbons (Fsp3) is 1.00. The summed E-state index contributed by atoms with van der Waals surface area (Å²) in [5.41, 5.74) is -0.296. The monoisotopic (exact) mass is 247 g/mol. The smallest absolute Gasteiger partial charge is 0.283 e. The van der Waals surface area contributed by atoms with Crippen LogP contribution in [0.2, 0.25) is 0 Å². The maximum absolute atomic E-state index is 13.1. The molecule has 1 aliphatic heterocycles. The van der Waals surface area contributed by atoms with E-state index in [1.165, 1.54) is 0 Å². The Kier molecular flexibility index (Phi) is 2.83. The summed E-state index contributed by atoms with van der Waals surface area (Å²) in [6.07, 6.45) is 2.71. The van der Waals surface area contributed by atoms with E-state index in [1.54, 1.807) is 0 Å². The van der Waals surface area contributed by atoms with Gasteiger partial charge < -0.3 is 4.74 Å². The van der Waals surface area contributed by atoms with Gasteiger partial charge in [-0.25, -0.2) is 8.78 Å². The Morgan fingerprint density at radius 1 is 0.941 bits per heavy atom. The van der Waals surface area contributed by atoms with Gasteiger partial charge in [-0.2, -0.15) is 0 Å². The number of rotatable bonds is 0. The van der Waals surface area contributed by atoms with E-state index in [9.17, 15) is 8.78 Å². The third-order valence-corrected chi connectivity index (χ3v) is 3.71. The second kappa shape index (κ2) is 3.64. The third kappa shape index (κ3) is 2.97. The van der Waals surface area contributed by atoms with Crippen molar-refractivity contribution in [2.45, 2.75) is 58.6 Å². The minimum Gasteiger partial charge on any atom is -0.354 e. The molecule has 0 aromatic heterocycles. The Hall–Kier alpha value is -0.220. The molecule has 100 valence electrons. The van der Waals surface area contributed by atoms with E-state index in [0.29, 0.717) is 0 Å². The number of alkyl halides is 2. The van der Waals surface area contributed by atoms with Crippen molar-refractivity contribution in [2.24, 2.45) is 10.8 Å². The van der Waals surface area contributed by atoms with Crippen LogP contribution in [0.1, 0.15) is 47.0 Å². The van der Waals surface area contributed by atoms with E-state index in [4.69, 9.17) is 4.74 Å². The highest BCUT2D eigenvalue weighted by molar-refractivity contribution is 5.00. The molecule has 0 atom stereocenters. The van der Waals surface area contributed by atoms with Crippen LogP contribution >= 0.6 is 0 Å². The van der Waals surface area contributed by atoms with Crippen molar-refractivity contribution < 1.29 is 13.5 Å². The van der Waals surface area contributed by atoms with E-state index in [0.717, 1.165) is 19.3 Å². The van der Waals surface area contributed by atoms with Crippen LogP contribution in [0.15, 0.2) is 0 Å². The predicted octanol–water partition coefficient (Wildman–Crippen LogP) is 3.17. The minimum absolute atomic E-state index is 0.126. The molecule has 0 aromatic carbocycles. The molecular weight excluding hydrogens is 224 g/mol. The van der Waals surface area contributed by atoms with Gasteiger partial charge in [0, 0.05) is 0 Å². The maximum atomic E-state index is 13.1. The molecule has 17 heavy (non-hydrogen) atoms. The summed E-state index contributed by atoms with van der Waals surface area (Å²) in [5, 5.41) is 2.96. The molecule has 1 spiro atoms. The van der Waals surface area contributed by atoms with Crippen molar-refractivity contribution in [1.29, 1.82) is 0 Å². The molecule has 1 saturated heterocycles. The summed E-state index contributed by atoms with van der Waals surface area (Å²) in [6, 6.07) is 0. The second-order valence-corrected chi connectivity index (χ2v) is 7.35. The highest BCUT2D eigenvalue weighted by Crippen LogP contribution is 2.51. The van der Waals surface area contributed by atoms with E-state index < -0.39 is 18.3 Å². The van der Waals surface area contributed by atoms with Crippen LogP contribution in [-0.4, -0.2) is 24.8 Å². The number of nitrogens with one attached hydrogen (secondary N) is 1. The van der Waals surface area contributed by atoms with E-state index >= 15 is 0 Å². The third-order valence-electron chi connectivity index (χ3n) is 3.71. The van der Waals surface area contributed by atoms with Gasteiger partial charge in [-0.05, 0) is 30.1 Å². The van der Waals surface area contributed by atoms with Crippen molar-refractivity contribution in [3.8, 4) is 0 Å². The summed E-state index contributed by atoms with van der Waals surface area (Å²) in [5.74, 6) is -2.73. The molecule has 2 rings (SSSR count). The molecule has 0 aromatic rings. The molecule has 1 aliphatic carbocycles. The summed E-state index contributed by atoms with van der Waals surface area (Å²) >= 11 is 0. The molecule has 2 aliphatic rings. The number of hydrogen-bond donors (Lipinski definition) is 1. The Morgan fingerprint density at radius 2 is 1.47 bits per heavy atom. The molecule has 0 bridgehead atoms. The van der Waals surface area contributed by atoms with Crippen LogP contribution in [0.3, 0.4) is 0 Å². The van der Waals surface area contributed by atoms with Gasteiger partial charge in [-0.1, -0.05) is 27.7 Å². The first-order valence-electron chi connectivity index (χ1n) is 6.30. The van der Waals surface area contributed by atoms with Crippen molar-refractivity contribution >= 4 is 0 Å². The predicted molar refractivity (Wildman–Crippen MR) is 63.0 cm³/mol. The standard InChI is InChI=1S/C13H23F2NO/c1-10(2)5-11(3,4)7-13(6-10)16-8-12(14,15)9-17-13/h16H,5-9H2,1-4H3. The van der Waals surface area contributed by atoms with Gasteiger partial charge in [0.05, 0.1) is 6.54 Å². The molecule has 0 unspecified atom stereocenters. The van der Waals surface area contributed by atoms with Gasteiger partial charge in [-0.3, -0.25) is 5.32 Å². The van der Waals surface area contributed by atoms with Gasteiger partial charge in [0.25, 0.3) is 5.92 Å². The molecule has 1 saturated carbocycles. The van der Waals surface area contributed by atoms with Crippen LogP contribution in [0.25, 0.3) is 0 Å². The lowest BCUT2D eigenvalue weighted by atomic mass is 9.62. The van der Waals surface area contributed by atoms with E-state index in [1.807, 2.05) is 0 Å². The Morgan fingerprint density at radius 3 is 1.88 bits per heavy atom. The van der Waals surface area contributed by atoms with Crippen LogP contribution in [-0.2, 0) is 4.74 Å². The van der Waals surface area contributed by atoms with Gasteiger partial charge in [-0.15, -0.1) is 0 Å². The Labute approximate surface area is 102 Å². The van der Waals surface area contributed by atoms with Crippen molar-refractivity contribution in [2.75, 3.05) is 13.2 Å². The summed E-state index contributed by atoms with van der Waals surface area (Å²) in [4.78, 5) is 0. The highest BCUT2D eigenvalue weighted by Gasteiger charge is 2.52. The summed E-state index contributed by atoms with van der Waals surface area (Å²) in [7, 11) is 0. The molecular formula is C13H23F2NO.